The minimum absolute atomic E-state index is 0.0693. The number of primary amides is 1. The smallest absolute Gasteiger partial charge is 0.272 e. The van der Waals surface area contributed by atoms with Gasteiger partial charge in [-0.15, -0.1) is 11.8 Å². The number of hydrogen-bond donors (Lipinski definition) is 4. The maximum absolute atomic E-state index is 14.3. The maximum atomic E-state index is 14.3. The Morgan fingerprint density at radius 2 is 1.44 bits per heavy atom. The lowest BCUT2D eigenvalue weighted by atomic mass is 10.1. The van der Waals surface area contributed by atoms with E-state index in [0.717, 1.165) is 4.90 Å². The molecule has 4 rings (SSSR count). The average Bonchev–Trinajstić information content (AvgIpc) is 2.98. The molecule has 4 aromatic carbocycles. The monoisotopic (exact) mass is 568 g/mol. The van der Waals surface area contributed by atoms with E-state index in [1.54, 1.807) is 78.9 Å². The second-order valence-electron chi connectivity index (χ2n) is 8.62. The zero-order valence-corrected chi connectivity index (χ0v) is 22.4. The van der Waals surface area contributed by atoms with Gasteiger partial charge in [-0.2, -0.15) is 0 Å². The molecule has 0 fully saturated rings. The minimum atomic E-state index is -0.648. The number of amides is 4. The lowest BCUT2D eigenvalue weighted by Crippen LogP contribution is -2.30. The van der Waals surface area contributed by atoms with Gasteiger partial charge in [-0.25, -0.2) is 4.39 Å². The first-order valence-corrected chi connectivity index (χ1v) is 13.3. The third-order valence-corrected chi connectivity index (χ3v) is 6.69. The highest BCUT2D eigenvalue weighted by atomic mass is 32.2. The second kappa shape index (κ2) is 13.7. The van der Waals surface area contributed by atoms with Gasteiger partial charge in [-0.05, 0) is 60.7 Å². The second-order valence-corrected chi connectivity index (χ2v) is 9.67. The maximum Gasteiger partial charge on any atom is 0.272 e. The number of carbonyl (C=O) groups is 4. The van der Waals surface area contributed by atoms with E-state index in [9.17, 15) is 23.6 Å². The number of thioether (sulfide) groups is 1. The number of hydrogen-bond acceptors (Lipinski definition) is 5. The number of anilines is 2. The van der Waals surface area contributed by atoms with Crippen molar-refractivity contribution in [3.63, 3.8) is 0 Å². The van der Waals surface area contributed by atoms with Crippen LogP contribution in [0.3, 0.4) is 0 Å². The summed E-state index contributed by atoms with van der Waals surface area (Å²) in [7, 11) is 0. The van der Waals surface area contributed by atoms with Crippen molar-refractivity contribution in [2.24, 2.45) is 5.73 Å². The van der Waals surface area contributed by atoms with Crippen molar-refractivity contribution in [3.8, 4) is 0 Å². The van der Waals surface area contributed by atoms with Crippen molar-refractivity contribution in [3.05, 3.63) is 131 Å². The SMILES string of the molecule is NC(=O)c1ccccc1NC(=O)CSc1ccc(NC(=O)/C(=C/c2ccccc2F)NC(=O)c2ccccc2)cc1. The van der Waals surface area contributed by atoms with Crippen LogP contribution in [0, 0.1) is 5.82 Å². The number of para-hydroxylation sites is 1. The number of nitrogens with two attached hydrogens (primary N) is 1. The molecule has 0 bridgehead atoms. The average molecular weight is 569 g/mol. The number of benzene rings is 4. The molecular formula is C31H25FN4O4S. The summed E-state index contributed by atoms with van der Waals surface area (Å²) in [5.41, 5.74) is 6.65. The molecule has 0 aliphatic heterocycles. The third-order valence-electron chi connectivity index (χ3n) is 5.68. The molecule has 0 radical (unpaired) electrons. The van der Waals surface area contributed by atoms with Gasteiger partial charge in [0, 0.05) is 21.7 Å². The molecule has 0 aliphatic rings. The van der Waals surface area contributed by atoms with Gasteiger partial charge in [0.15, 0.2) is 0 Å². The fourth-order valence-electron chi connectivity index (χ4n) is 3.67. The van der Waals surface area contributed by atoms with Gasteiger partial charge >= 0.3 is 0 Å². The molecule has 8 nitrogen and oxygen atoms in total. The zero-order valence-electron chi connectivity index (χ0n) is 21.6. The molecule has 0 saturated carbocycles. The van der Waals surface area contributed by atoms with E-state index in [1.807, 2.05) is 0 Å². The van der Waals surface area contributed by atoms with Gasteiger partial charge in [-0.3, -0.25) is 19.2 Å². The van der Waals surface area contributed by atoms with Crippen LogP contribution in [-0.2, 0) is 9.59 Å². The summed E-state index contributed by atoms with van der Waals surface area (Å²) in [4.78, 5) is 50.6. The van der Waals surface area contributed by atoms with Gasteiger partial charge in [0.2, 0.25) is 5.91 Å². The molecule has 0 aromatic heterocycles. The summed E-state index contributed by atoms with van der Waals surface area (Å²) in [6.07, 6.45) is 1.27. The highest BCUT2D eigenvalue weighted by Crippen LogP contribution is 2.22. The molecule has 4 aromatic rings. The lowest BCUT2D eigenvalue weighted by molar-refractivity contribution is -0.114. The van der Waals surface area contributed by atoms with E-state index in [4.69, 9.17) is 5.73 Å². The van der Waals surface area contributed by atoms with Crippen LogP contribution >= 0.6 is 11.8 Å². The van der Waals surface area contributed by atoms with Gasteiger partial charge in [0.05, 0.1) is 17.0 Å². The molecule has 10 heteroatoms. The summed E-state index contributed by atoms with van der Waals surface area (Å²) in [6, 6.07) is 27.4. The van der Waals surface area contributed by atoms with Crippen LogP contribution in [0.4, 0.5) is 15.8 Å². The fourth-order valence-corrected chi connectivity index (χ4v) is 4.36. The zero-order chi connectivity index (χ0) is 29.2. The minimum Gasteiger partial charge on any atom is -0.366 e. The number of nitrogens with one attached hydrogen (secondary N) is 3. The van der Waals surface area contributed by atoms with E-state index in [1.165, 1.54) is 42.1 Å². The summed E-state index contributed by atoms with van der Waals surface area (Å²) in [6.45, 7) is 0. The van der Waals surface area contributed by atoms with Crippen molar-refractivity contribution in [2.75, 3.05) is 16.4 Å². The highest BCUT2D eigenvalue weighted by Gasteiger charge is 2.16. The molecule has 0 heterocycles. The Labute approximate surface area is 239 Å². The van der Waals surface area contributed by atoms with E-state index in [2.05, 4.69) is 16.0 Å². The third kappa shape index (κ3) is 8.13. The Kier molecular flexibility index (Phi) is 9.63. The van der Waals surface area contributed by atoms with Crippen molar-refractivity contribution < 1.29 is 23.6 Å². The Morgan fingerprint density at radius 3 is 2.15 bits per heavy atom. The molecule has 5 N–H and O–H groups in total. The fraction of sp³-hybridized carbons (Fsp3) is 0.0323. The van der Waals surface area contributed by atoms with Crippen LogP contribution in [0.1, 0.15) is 26.3 Å². The summed E-state index contributed by atoms with van der Waals surface area (Å²) >= 11 is 1.25. The van der Waals surface area contributed by atoms with Crippen LogP contribution in [-0.4, -0.2) is 29.4 Å². The normalized spacial score (nSPS) is 10.9. The highest BCUT2D eigenvalue weighted by molar-refractivity contribution is 8.00. The molecule has 41 heavy (non-hydrogen) atoms. The van der Waals surface area contributed by atoms with E-state index in [-0.39, 0.29) is 28.5 Å². The van der Waals surface area contributed by atoms with E-state index < -0.39 is 23.5 Å². The quantitative estimate of drug-likeness (QED) is 0.157. The van der Waals surface area contributed by atoms with Crippen LogP contribution in [0.25, 0.3) is 6.08 Å². The van der Waals surface area contributed by atoms with Crippen LogP contribution in [0.15, 0.2) is 114 Å². The van der Waals surface area contributed by atoms with Gasteiger partial charge < -0.3 is 21.7 Å². The summed E-state index contributed by atoms with van der Waals surface area (Å²) in [5.74, 6) is -2.61. The van der Waals surface area contributed by atoms with Crippen LogP contribution in [0.2, 0.25) is 0 Å². The summed E-state index contributed by atoms with van der Waals surface area (Å²) in [5, 5.41) is 7.95. The molecule has 206 valence electrons. The van der Waals surface area contributed by atoms with Crippen molar-refractivity contribution in [2.45, 2.75) is 4.90 Å². The van der Waals surface area contributed by atoms with Crippen molar-refractivity contribution in [1.82, 2.24) is 5.32 Å². The van der Waals surface area contributed by atoms with Crippen molar-refractivity contribution >= 4 is 52.8 Å². The van der Waals surface area contributed by atoms with Gasteiger partial charge in [0.1, 0.15) is 11.5 Å². The number of rotatable bonds is 10. The van der Waals surface area contributed by atoms with Gasteiger partial charge in [0.25, 0.3) is 17.7 Å². The molecule has 0 aliphatic carbocycles. The van der Waals surface area contributed by atoms with Gasteiger partial charge in [-0.1, -0.05) is 48.5 Å². The number of halogens is 1. The first kappa shape index (κ1) is 28.8. The largest absolute Gasteiger partial charge is 0.366 e. The number of carbonyl (C=O) groups excluding carboxylic acids is 4. The Morgan fingerprint density at radius 1 is 0.780 bits per heavy atom. The molecular weight excluding hydrogens is 543 g/mol. The lowest BCUT2D eigenvalue weighted by Gasteiger charge is -2.12. The van der Waals surface area contributed by atoms with E-state index >= 15 is 0 Å². The Balaban J connectivity index is 1.41. The molecule has 0 saturated heterocycles. The van der Waals surface area contributed by atoms with Crippen molar-refractivity contribution in [1.29, 1.82) is 0 Å². The van der Waals surface area contributed by atoms with E-state index in [0.29, 0.717) is 16.9 Å². The first-order chi connectivity index (χ1) is 19.8. The topological polar surface area (TPSA) is 130 Å². The van der Waals surface area contributed by atoms with Crippen LogP contribution < -0.4 is 21.7 Å². The molecule has 0 unspecified atom stereocenters. The Hall–Kier alpha value is -5.22. The molecule has 0 spiro atoms. The summed E-state index contributed by atoms with van der Waals surface area (Å²) < 4.78 is 14.3. The van der Waals surface area contributed by atoms with Crippen LogP contribution in [0.5, 0.6) is 0 Å². The predicted molar refractivity (Wildman–Crippen MR) is 158 cm³/mol. The Bertz CT molecular complexity index is 1610. The predicted octanol–water partition coefficient (Wildman–Crippen LogP) is 5.07. The molecule has 0 atom stereocenters. The first-order valence-electron chi connectivity index (χ1n) is 12.4. The molecule has 4 amide bonds. The standard InChI is InChI=1S/C31H25FN4O4S/c32-25-12-6-4-10-21(25)18-27(36-30(39)20-8-2-1-3-9-20)31(40)34-22-14-16-23(17-15-22)41-19-28(37)35-26-13-7-5-11-24(26)29(33)38/h1-18H,19H2,(H2,33,38)(H,34,40)(H,35,37)(H,36,39)/b27-18-.